The van der Waals surface area contributed by atoms with Gasteiger partial charge in [0.2, 0.25) is 0 Å². The molecule has 0 saturated carbocycles. The lowest BCUT2D eigenvalue weighted by atomic mass is 10.0. The number of H-pyrrole nitrogens is 1. The number of rotatable bonds is 7. The average molecular weight is 512 g/mol. The minimum absolute atomic E-state index is 0.0967. The normalized spacial score (nSPS) is 16.0. The number of nitrogens with one attached hydrogen (secondary N) is 2. The third-order valence-electron chi connectivity index (χ3n) is 6.18. The maximum absolute atomic E-state index is 12.8. The Labute approximate surface area is 212 Å². The molecule has 1 aliphatic heterocycles. The van der Waals surface area contributed by atoms with Gasteiger partial charge in [0.05, 0.1) is 17.9 Å². The largest absolute Gasteiger partial charge is 0.434 e. The van der Waals surface area contributed by atoms with Crippen molar-refractivity contribution in [3.8, 4) is 0 Å². The van der Waals surface area contributed by atoms with Crippen molar-refractivity contribution in [3.63, 3.8) is 0 Å². The maximum Gasteiger partial charge on any atom is 0.434 e. The Morgan fingerprint density at radius 3 is 2.59 bits per heavy atom. The van der Waals surface area contributed by atoms with Gasteiger partial charge in [-0.1, -0.05) is 25.0 Å². The Morgan fingerprint density at radius 1 is 1.19 bits per heavy atom. The summed E-state index contributed by atoms with van der Waals surface area (Å²) in [6, 6.07) is 5.61. The van der Waals surface area contributed by atoms with Crippen molar-refractivity contribution >= 4 is 34.9 Å². The lowest BCUT2D eigenvalue weighted by molar-refractivity contribution is -0.141. The molecule has 11 heteroatoms. The highest BCUT2D eigenvalue weighted by atomic mass is 19.4. The summed E-state index contributed by atoms with van der Waals surface area (Å²) in [5.74, 6) is -0.724. The van der Waals surface area contributed by atoms with Crippen molar-refractivity contribution in [3.05, 3.63) is 65.4 Å². The molecule has 1 fully saturated rings. The van der Waals surface area contributed by atoms with Crippen LogP contribution in [0, 0.1) is 0 Å². The molecule has 1 amide bonds. The van der Waals surface area contributed by atoms with Gasteiger partial charge in [0.25, 0.3) is 5.91 Å². The number of hydrogen-bond acceptors (Lipinski definition) is 6. The van der Waals surface area contributed by atoms with Crippen LogP contribution in [-0.4, -0.2) is 57.3 Å². The molecule has 1 saturated heterocycles. The van der Waals surface area contributed by atoms with Crippen LogP contribution in [0.2, 0.25) is 0 Å². The highest BCUT2D eigenvalue weighted by Gasteiger charge is 2.32. The molecular formula is C26H28F3N7O. The molecular weight excluding hydrogens is 483 g/mol. The van der Waals surface area contributed by atoms with E-state index in [2.05, 4.69) is 48.2 Å². The molecule has 0 bridgehead atoms. The predicted molar refractivity (Wildman–Crippen MR) is 137 cm³/mol. The number of carbonyl (C=O) groups is 1. The van der Waals surface area contributed by atoms with Crippen LogP contribution < -0.4 is 5.32 Å². The Morgan fingerprint density at radius 2 is 1.95 bits per heavy atom. The van der Waals surface area contributed by atoms with Crippen molar-refractivity contribution in [2.45, 2.75) is 38.8 Å². The Kier molecular flexibility index (Phi) is 8.12. The number of benzene rings is 1. The van der Waals surface area contributed by atoms with Gasteiger partial charge in [-0.3, -0.25) is 19.8 Å². The number of aromatic amines is 1. The number of nitrogens with zero attached hydrogens (tertiary/aromatic N) is 5. The first-order valence-electron chi connectivity index (χ1n) is 12.0. The first kappa shape index (κ1) is 26.2. The summed E-state index contributed by atoms with van der Waals surface area (Å²) in [5.41, 5.74) is 2.52. The maximum atomic E-state index is 12.8. The molecule has 194 valence electrons. The molecule has 1 aromatic carbocycles. The Bertz CT molecular complexity index is 1320. The molecule has 2 aromatic heterocycles. The fourth-order valence-electron chi connectivity index (χ4n) is 4.30. The van der Waals surface area contributed by atoms with Gasteiger partial charge in [0.1, 0.15) is 0 Å². The van der Waals surface area contributed by atoms with E-state index in [1.165, 1.54) is 25.7 Å². The van der Waals surface area contributed by atoms with Crippen molar-refractivity contribution in [1.29, 1.82) is 0 Å². The smallest absolute Gasteiger partial charge is 0.304 e. The number of fused-ring (bicyclic) bond motifs is 1. The fraction of sp³-hybridized carbons (Fsp3) is 0.346. The van der Waals surface area contributed by atoms with Crippen LogP contribution in [0.4, 0.5) is 19.0 Å². The molecule has 3 heterocycles. The quantitative estimate of drug-likeness (QED) is 0.323. The zero-order chi connectivity index (χ0) is 26.4. The molecule has 4 rings (SSSR count). The molecule has 37 heavy (non-hydrogen) atoms. The predicted octanol–water partition coefficient (Wildman–Crippen LogP) is 5.49. The molecule has 2 N–H and O–H groups in total. The van der Waals surface area contributed by atoms with Crippen LogP contribution in [0.1, 0.15) is 54.4 Å². The van der Waals surface area contributed by atoms with E-state index in [0.717, 1.165) is 42.5 Å². The van der Waals surface area contributed by atoms with E-state index in [1.807, 2.05) is 25.1 Å². The van der Waals surface area contributed by atoms with Gasteiger partial charge in [-0.15, -0.1) is 0 Å². The molecule has 1 aliphatic rings. The van der Waals surface area contributed by atoms with Gasteiger partial charge in [0.15, 0.2) is 17.2 Å². The molecule has 8 nitrogen and oxygen atoms in total. The van der Waals surface area contributed by atoms with E-state index in [9.17, 15) is 18.0 Å². The van der Waals surface area contributed by atoms with Gasteiger partial charge in [0, 0.05) is 18.1 Å². The van der Waals surface area contributed by atoms with Crippen molar-refractivity contribution in [2.75, 3.05) is 25.0 Å². The Hall–Kier alpha value is -3.86. The van der Waals surface area contributed by atoms with Crippen molar-refractivity contribution in [2.24, 2.45) is 4.99 Å². The summed E-state index contributed by atoms with van der Waals surface area (Å²) in [7, 11) is 0. The third-order valence-corrected chi connectivity index (χ3v) is 6.18. The summed E-state index contributed by atoms with van der Waals surface area (Å²) >= 11 is 0. The van der Waals surface area contributed by atoms with E-state index >= 15 is 0 Å². The number of halogens is 3. The van der Waals surface area contributed by atoms with Crippen LogP contribution in [-0.2, 0) is 6.18 Å². The van der Waals surface area contributed by atoms with E-state index in [4.69, 9.17) is 0 Å². The van der Waals surface area contributed by atoms with Gasteiger partial charge in [-0.05, 0) is 68.4 Å². The summed E-state index contributed by atoms with van der Waals surface area (Å²) < 4.78 is 38.1. The lowest BCUT2D eigenvalue weighted by Crippen LogP contribution is -2.26. The number of aliphatic imine (C=N–C) groups is 1. The van der Waals surface area contributed by atoms with Gasteiger partial charge in [-0.2, -0.15) is 18.3 Å². The number of anilines is 1. The van der Waals surface area contributed by atoms with Crippen molar-refractivity contribution in [1.82, 2.24) is 25.1 Å². The second kappa shape index (κ2) is 11.5. The van der Waals surface area contributed by atoms with E-state index in [1.54, 1.807) is 6.20 Å². The standard InChI is InChI=1S/C26H28F3N7O/c1-17(11-18(13-30-2)16-36-9-5-3-4-6-10-36)19-7-8-21-20(12-19)24(35-34-21)25(37)33-23-15-31-22(14-32-23)26(27,28)29/h7-8,11-15H,2-6,9-10,16H2,1H3,(H,34,35)(H,32,33,37)/b17-11+,18-13+. The number of carbonyl (C=O) groups excluding carboxylic acids is 1. The molecule has 0 aliphatic carbocycles. The van der Waals surface area contributed by atoms with Gasteiger partial charge < -0.3 is 5.32 Å². The number of likely N-dealkylation sites (tertiary alicyclic amines) is 1. The monoisotopic (exact) mass is 511 g/mol. The van der Waals surface area contributed by atoms with E-state index < -0.39 is 17.8 Å². The number of allylic oxidation sites excluding steroid dienone is 1. The zero-order valence-corrected chi connectivity index (χ0v) is 20.5. The summed E-state index contributed by atoms with van der Waals surface area (Å²) in [6.45, 7) is 8.50. The van der Waals surface area contributed by atoms with Crippen LogP contribution in [0.3, 0.4) is 0 Å². The second-order valence-corrected chi connectivity index (χ2v) is 8.98. The van der Waals surface area contributed by atoms with Gasteiger partial charge >= 0.3 is 6.18 Å². The van der Waals surface area contributed by atoms with Crippen molar-refractivity contribution < 1.29 is 18.0 Å². The zero-order valence-electron chi connectivity index (χ0n) is 20.5. The molecule has 0 radical (unpaired) electrons. The minimum atomic E-state index is -4.61. The summed E-state index contributed by atoms with van der Waals surface area (Å²) in [5, 5.41) is 9.94. The van der Waals surface area contributed by atoms with Crippen LogP contribution >= 0.6 is 0 Å². The Balaban J connectivity index is 1.54. The van der Waals surface area contributed by atoms with E-state index in [-0.39, 0.29) is 11.5 Å². The summed E-state index contributed by atoms with van der Waals surface area (Å²) in [6.07, 6.45) is 5.56. The summed E-state index contributed by atoms with van der Waals surface area (Å²) in [4.78, 5) is 26.2. The van der Waals surface area contributed by atoms with Crippen LogP contribution in [0.25, 0.3) is 16.5 Å². The van der Waals surface area contributed by atoms with Crippen LogP contribution in [0.5, 0.6) is 0 Å². The highest BCUT2D eigenvalue weighted by molar-refractivity contribution is 6.11. The first-order chi connectivity index (χ1) is 17.7. The first-order valence-corrected chi connectivity index (χ1v) is 12.0. The molecule has 0 unspecified atom stereocenters. The third kappa shape index (κ3) is 6.67. The molecule has 0 atom stereocenters. The topological polar surface area (TPSA) is 99.2 Å². The average Bonchev–Trinajstić information content (AvgIpc) is 3.12. The van der Waals surface area contributed by atoms with Crippen LogP contribution in [0.15, 0.2) is 53.4 Å². The number of aromatic nitrogens is 4. The van der Waals surface area contributed by atoms with Gasteiger partial charge in [-0.25, -0.2) is 9.97 Å². The number of amides is 1. The number of hydrogen-bond donors (Lipinski definition) is 2. The fourth-order valence-corrected chi connectivity index (χ4v) is 4.30. The minimum Gasteiger partial charge on any atom is -0.304 e. The number of alkyl halides is 3. The SMILES string of the molecule is C=N/C=C(\C=C(/C)c1ccc2[nH]nc(C(=O)Nc3cnc(C(F)(F)F)cn3)c2c1)CN1CCCCCC1. The second-order valence-electron chi connectivity index (χ2n) is 8.98. The molecule has 0 spiro atoms. The van der Waals surface area contributed by atoms with E-state index in [0.29, 0.717) is 17.1 Å². The highest BCUT2D eigenvalue weighted by Crippen LogP contribution is 2.27. The molecule has 3 aromatic rings. The lowest BCUT2D eigenvalue weighted by Gasteiger charge is -2.20.